The van der Waals surface area contributed by atoms with Gasteiger partial charge in [-0.1, -0.05) is 0 Å². The first-order valence-corrected chi connectivity index (χ1v) is 5.99. The van der Waals surface area contributed by atoms with Crippen molar-refractivity contribution in [2.75, 3.05) is 25.1 Å². The Morgan fingerprint density at radius 3 is 2.92 bits per heavy atom. The zero-order valence-electron chi connectivity index (χ0n) is 8.19. The van der Waals surface area contributed by atoms with Gasteiger partial charge in [-0.3, -0.25) is 4.79 Å². The first-order chi connectivity index (χ1) is 6.15. The lowest BCUT2D eigenvalue weighted by Crippen LogP contribution is -2.31. The number of hydrogen-bond acceptors (Lipinski definition) is 3. The monoisotopic (exact) mass is 203 g/mol. The van der Waals surface area contributed by atoms with E-state index in [4.69, 9.17) is 0 Å². The van der Waals surface area contributed by atoms with Gasteiger partial charge in [0.25, 0.3) is 0 Å². The van der Waals surface area contributed by atoms with Gasteiger partial charge in [0.05, 0.1) is 11.9 Å². The molecule has 4 heteroatoms. The van der Waals surface area contributed by atoms with Crippen molar-refractivity contribution in [3.8, 4) is 0 Å². The van der Waals surface area contributed by atoms with Crippen LogP contribution in [0.15, 0.2) is 0 Å². The number of carbonyl (C=O) groups is 1. The van der Waals surface area contributed by atoms with Gasteiger partial charge in [-0.2, -0.15) is 11.8 Å². The predicted octanol–water partition coefficient (Wildman–Crippen LogP) is 0.579. The van der Waals surface area contributed by atoms with Crippen molar-refractivity contribution in [2.45, 2.75) is 19.4 Å². The van der Waals surface area contributed by atoms with Gasteiger partial charge in [-0.25, -0.2) is 0 Å². The molecule has 2 atom stereocenters. The van der Waals surface area contributed by atoms with E-state index in [9.17, 15) is 9.90 Å². The summed E-state index contributed by atoms with van der Waals surface area (Å²) in [6, 6.07) is 0. The molecule has 0 aromatic heterocycles. The van der Waals surface area contributed by atoms with E-state index < -0.39 is 0 Å². The number of hydrogen-bond donors (Lipinski definition) is 1. The second kappa shape index (κ2) is 4.86. The Balaban J connectivity index is 2.36. The molecule has 0 aromatic carbocycles. The SMILES string of the molecule is CSCC(=O)N1CCC(C(C)O)C1. The molecule has 1 aliphatic heterocycles. The summed E-state index contributed by atoms with van der Waals surface area (Å²) in [6.07, 6.45) is 2.59. The molecule has 1 N–H and O–H groups in total. The Morgan fingerprint density at radius 1 is 1.77 bits per heavy atom. The third-order valence-corrected chi connectivity index (χ3v) is 3.06. The van der Waals surface area contributed by atoms with Gasteiger partial charge >= 0.3 is 0 Å². The highest BCUT2D eigenvalue weighted by Crippen LogP contribution is 2.20. The number of rotatable bonds is 3. The fourth-order valence-electron chi connectivity index (χ4n) is 1.62. The van der Waals surface area contributed by atoms with Crippen LogP contribution in [0, 0.1) is 5.92 Å². The van der Waals surface area contributed by atoms with Gasteiger partial charge in [-0.05, 0) is 19.6 Å². The van der Waals surface area contributed by atoms with E-state index in [1.54, 1.807) is 18.7 Å². The standard InChI is InChI=1S/C9H17NO2S/c1-7(11)8-3-4-10(5-8)9(12)6-13-2/h7-8,11H,3-6H2,1-2H3. The Hall–Kier alpha value is -0.220. The van der Waals surface area contributed by atoms with E-state index in [0.717, 1.165) is 19.5 Å². The highest BCUT2D eigenvalue weighted by molar-refractivity contribution is 7.99. The van der Waals surface area contributed by atoms with Crippen molar-refractivity contribution in [1.82, 2.24) is 4.90 Å². The van der Waals surface area contributed by atoms with Crippen LogP contribution in [0.3, 0.4) is 0 Å². The number of amides is 1. The van der Waals surface area contributed by atoms with E-state index in [-0.39, 0.29) is 17.9 Å². The molecule has 1 heterocycles. The van der Waals surface area contributed by atoms with Crippen LogP contribution in [0.25, 0.3) is 0 Å². The molecule has 76 valence electrons. The van der Waals surface area contributed by atoms with Crippen LogP contribution in [0.1, 0.15) is 13.3 Å². The van der Waals surface area contributed by atoms with Crippen molar-refractivity contribution in [2.24, 2.45) is 5.92 Å². The molecule has 1 amide bonds. The third kappa shape index (κ3) is 2.88. The summed E-state index contributed by atoms with van der Waals surface area (Å²) in [6.45, 7) is 3.35. The smallest absolute Gasteiger partial charge is 0.232 e. The molecule has 13 heavy (non-hydrogen) atoms. The largest absolute Gasteiger partial charge is 0.393 e. The maximum Gasteiger partial charge on any atom is 0.232 e. The molecular formula is C9H17NO2S. The summed E-state index contributed by atoms with van der Waals surface area (Å²) in [7, 11) is 0. The summed E-state index contributed by atoms with van der Waals surface area (Å²) in [5.74, 6) is 1.05. The quantitative estimate of drug-likeness (QED) is 0.729. The van der Waals surface area contributed by atoms with Crippen molar-refractivity contribution in [3.05, 3.63) is 0 Å². The molecule has 1 saturated heterocycles. The second-order valence-corrected chi connectivity index (χ2v) is 4.43. The molecule has 3 nitrogen and oxygen atoms in total. The van der Waals surface area contributed by atoms with E-state index in [1.165, 1.54) is 0 Å². The van der Waals surface area contributed by atoms with E-state index in [0.29, 0.717) is 5.75 Å². The van der Waals surface area contributed by atoms with Gasteiger partial charge in [0.1, 0.15) is 0 Å². The van der Waals surface area contributed by atoms with Gasteiger partial charge in [0.15, 0.2) is 0 Å². The van der Waals surface area contributed by atoms with Crippen LogP contribution >= 0.6 is 11.8 Å². The molecule has 1 rings (SSSR count). The Kier molecular flexibility index (Phi) is 4.06. The minimum Gasteiger partial charge on any atom is -0.393 e. The van der Waals surface area contributed by atoms with Crippen LogP contribution < -0.4 is 0 Å². The van der Waals surface area contributed by atoms with Crippen LogP contribution in [-0.4, -0.2) is 47.1 Å². The molecule has 1 fully saturated rings. The van der Waals surface area contributed by atoms with Crippen LogP contribution in [-0.2, 0) is 4.79 Å². The van der Waals surface area contributed by atoms with Crippen LogP contribution in [0.5, 0.6) is 0 Å². The minimum absolute atomic E-state index is 0.204. The Labute approximate surface area is 83.5 Å². The molecule has 0 bridgehead atoms. The molecule has 0 spiro atoms. The first-order valence-electron chi connectivity index (χ1n) is 4.60. The zero-order valence-corrected chi connectivity index (χ0v) is 9.01. The molecule has 0 radical (unpaired) electrons. The van der Waals surface area contributed by atoms with Crippen molar-refractivity contribution >= 4 is 17.7 Å². The highest BCUT2D eigenvalue weighted by atomic mass is 32.2. The third-order valence-electron chi connectivity index (χ3n) is 2.53. The van der Waals surface area contributed by atoms with E-state index in [2.05, 4.69) is 0 Å². The van der Waals surface area contributed by atoms with Crippen LogP contribution in [0.2, 0.25) is 0 Å². The summed E-state index contributed by atoms with van der Waals surface area (Å²) in [5, 5.41) is 9.34. The summed E-state index contributed by atoms with van der Waals surface area (Å²) in [4.78, 5) is 13.3. The number of nitrogens with zero attached hydrogens (tertiary/aromatic N) is 1. The van der Waals surface area contributed by atoms with Crippen molar-refractivity contribution < 1.29 is 9.90 Å². The normalized spacial score (nSPS) is 24.8. The zero-order chi connectivity index (χ0) is 9.84. The molecule has 0 saturated carbocycles. The molecule has 1 aliphatic rings. The molecule has 0 aromatic rings. The topological polar surface area (TPSA) is 40.5 Å². The summed E-state index contributed by atoms with van der Waals surface area (Å²) < 4.78 is 0. The van der Waals surface area contributed by atoms with Crippen LogP contribution in [0.4, 0.5) is 0 Å². The van der Waals surface area contributed by atoms with Gasteiger partial charge < -0.3 is 10.0 Å². The lowest BCUT2D eigenvalue weighted by molar-refractivity contribution is -0.127. The van der Waals surface area contributed by atoms with Gasteiger partial charge in [0.2, 0.25) is 5.91 Å². The predicted molar refractivity (Wildman–Crippen MR) is 54.7 cm³/mol. The number of aliphatic hydroxyl groups excluding tert-OH is 1. The number of likely N-dealkylation sites (tertiary alicyclic amines) is 1. The van der Waals surface area contributed by atoms with Gasteiger partial charge in [-0.15, -0.1) is 0 Å². The lowest BCUT2D eigenvalue weighted by Gasteiger charge is -2.16. The lowest BCUT2D eigenvalue weighted by atomic mass is 10.0. The first kappa shape index (κ1) is 10.9. The minimum atomic E-state index is -0.285. The highest BCUT2D eigenvalue weighted by Gasteiger charge is 2.28. The maximum absolute atomic E-state index is 11.4. The average molecular weight is 203 g/mol. The Morgan fingerprint density at radius 2 is 2.46 bits per heavy atom. The molecule has 2 unspecified atom stereocenters. The van der Waals surface area contributed by atoms with Gasteiger partial charge in [0, 0.05) is 19.0 Å². The molecular weight excluding hydrogens is 186 g/mol. The molecule has 0 aliphatic carbocycles. The average Bonchev–Trinajstić information content (AvgIpc) is 2.52. The van der Waals surface area contributed by atoms with Crippen molar-refractivity contribution in [1.29, 1.82) is 0 Å². The second-order valence-electron chi connectivity index (χ2n) is 3.56. The number of carbonyl (C=O) groups excluding carboxylic acids is 1. The summed E-state index contributed by atoms with van der Waals surface area (Å²) in [5.41, 5.74) is 0. The summed E-state index contributed by atoms with van der Waals surface area (Å²) >= 11 is 1.55. The Bertz CT molecular complexity index is 184. The van der Waals surface area contributed by atoms with E-state index >= 15 is 0 Å². The number of aliphatic hydroxyl groups is 1. The fraction of sp³-hybridized carbons (Fsp3) is 0.889. The van der Waals surface area contributed by atoms with Crippen molar-refractivity contribution in [3.63, 3.8) is 0 Å². The maximum atomic E-state index is 11.4. The fourth-order valence-corrected chi connectivity index (χ4v) is 2.05. The number of thioether (sulfide) groups is 1. The van der Waals surface area contributed by atoms with E-state index in [1.807, 2.05) is 11.2 Å².